The molecule has 1 atom stereocenters. The van der Waals surface area contributed by atoms with Gasteiger partial charge in [-0.1, -0.05) is 30.7 Å². The van der Waals surface area contributed by atoms with Crippen LogP contribution in [-0.2, 0) is 6.42 Å². The van der Waals surface area contributed by atoms with E-state index in [1.165, 1.54) is 16.7 Å². The van der Waals surface area contributed by atoms with Crippen LogP contribution in [-0.4, -0.2) is 6.04 Å². The average Bonchev–Trinajstić information content (AvgIpc) is 2.11. The number of aryl methyl sites for hydroxylation is 2. The van der Waals surface area contributed by atoms with Crippen molar-refractivity contribution in [3.8, 4) is 0 Å². The van der Waals surface area contributed by atoms with Gasteiger partial charge in [0.25, 0.3) is 0 Å². The second-order valence-electron chi connectivity index (χ2n) is 3.80. The van der Waals surface area contributed by atoms with E-state index in [0.717, 1.165) is 12.8 Å². The molecule has 0 saturated heterocycles. The van der Waals surface area contributed by atoms with Gasteiger partial charge in [-0.15, -0.1) is 0 Å². The lowest BCUT2D eigenvalue weighted by molar-refractivity contribution is 0.644. The molecule has 0 aromatic heterocycles. The van der Waals surface area contributed by atoms with Crippen LogP contribution in [0, 0.1) is 13.8 Å². The van der Waals surface area contributed by atoms with Crippen molar-refractivity contribution in [3.05, 3.63) is 34.9 Å². The first-order valence-corrected chi connectivity index (χ1v) is 4.95. The largest absolute Gasteiger partial charge is 0.327 e. The summed E-state index contributed by atoms with van der Waals surface area (Å²) in [7, 11) is 0. The van der Waals surface area contributed by atoms with Gasteiger partial charge < -0.3 is 5.73 Å². The highest BCUT2D eigenvalue weighted by Crippen LogP contribution is 2.12. The molecule has 0 aliphatic carbocycles. The highest BCUT2D eigenvalue weighted by Gasteiger charge is 2.03. The van der Waals surface area contributed by atoms with E-state index in [2.05, 4.69) is 39.0 Å². The maximum absolute atomic E-state index is 5.92. The van der Waals surface area contributed by atoms with Crippen LogP contribution in [0.25, 0.3) is 0 Å². The zero-order valence-corrected chi connectivity index (χ0v) is 8.80. The fourth-order valence-corrected chi connectivity index (χ4v) is 1.45. The normalized spacial score (nSPS) is 12.9. The van der Waals surface area contributed by atoms with E-state index in [4.69, 9.17) is 5.73 Å². The maximum Gasteiger partial charge on any atom is 0.00767 e. The lowest BCUT2D eigenvalue weighted by Crippen LogP contribution is -2.21. The van der Waals surface area contributed by atoms with Crippen molar-refractivity contribution in [2.75, 3.05) is 0 Å². The Balaban J connectivity index is 2.81. The van der Waals surface area contributed by atoms with Crippen molar-refractivity contribution in [1.82, 2.24) is 0 Å². The molecule has 1 unspecified atom stereocenters. The number of hydrogen-bond donors (Lipinski definition) is 1. The molecule has 0 spiro atoms. The van der Waals surface area contributed by atoms with E-state index in [9.17, 15) is 0 Å². The third-order valence-electron chi connectivity index (χ3n) is 2.51. The second kappa shape index (κ2) is 4.43. The van der Waals surface area contributed by atoms with E-state index in [1.54, 1.807) is 0 Å². The molecule has 0 saturated carbocycles. The van der Waals surface area contributed by atoms with Crippen LogP contribution in [0.1, 0.15) is 30.0 Å². The Morgan fingerprint density at radius 1 is 1.31 bits per heavy atom. The van der Waals surface area contributed by atoms with Crippen LogP contribution >= 0.6 is 0 Å². The molecule has 1 heteroatoms. The van der Waals surface area contributed by atoms with Crippen LogP contribution in [0.4, 0.5) is 0 Å². The van der Waals surface area contributed by atoms with Crippen LogP contribution < -0.4 is 5.73 Å². The molecule has 1 rings (SSSR count). The highest BCUT2D eigenvalue weighted by molar-refractivity contribution is 5.31. The van der Waals surface area contributed by atoms with Crippen molar-refractivity contribution >= 4 is 0 Å². The van der Waals surface area contributed by atoms with E-state index in [-0.39, 0.29) is 0 Å². The Bertz CT molecular complexity index is 278. The van der Waals surface area contributed by atoms with E-state index >= 15 is 0 Å². The van der Waals surface area contributed by atoms with Gasteiger partial charge in [-0.25, -0.2) is 0 Å². The van der Waals surface area contributed by atoms with Gasteiger partial charge in [0.1, 0.15) is 0 Å². The first kappa shape index (κ1) is 10.3. The molecule has 0 aliphatic heterocycles. The number of nitrogens with two attached hydrogens (primary N) is 1. The van der Waals surface area contributed by atoms with Gasteiger partial charge in [-0.2, -0.15) is 0 Å². The highest BCUT2D eigenvalue weighted by atomic mass is 14.6. The van der Waals surface area contributed by atoms with Gasteiger partial charge in [0.2, 0.25) is 0 Å². The van der Waals surface area contributed by atoms with Crippen molar-refractivity contribution in [2.24, 2.45) is 5.73 Å². The summed E-state index contributed by atoms with van der Waals surface area (Å²) in [5.41, 5.74) is 10.0. The van der Waals surface area contributed by atoms with Crippen LogP contribution in [0.2, 0.25) is 0 Å². The minimum atomic E-state index is 0.306. The lowest BCUT2D eigenvalue weighted by atomic mass is 9.98. The van der Waals surface area contributed by atoms with E-state index in [1.807, 2.05) is 0 Å². The Morgan fingerprint density at radius 3 is 2.62 bits per heavy atom. The summed E-state index contributed by atoms with van der Waals surface area (Å²) in [6.45, 7) is 6.41. The Hall–Kier alpha value is -0.820. The molecule has 72 valence electrons. The molecule has 0 heterocycles. The first-order valence-electron chi connectivity index (χ1n) is 4.95. The Labute approximate surface area is 81.0 Å². The molecule has 13 heavy (non-hydrogen) atoms. The quantitative estimate of drug-likeness (QED) is 0.754. The van der Waals surface area contributed by atoms with Crippen LogP contribution in [0.5, 0.6) is 0 Å². The molecule has 1 nitrogen and oxygen atoms in total. The smallest absolute Gasteiger partial charge is 0.00767 e. The predicted molar refractivity (Wildman–Crippen MR) is 57.9 cm³/mol. The van der Waals surface area contributed by atoms with Crippen molar-refractivity contribution < 1.29 is 0 Å². The van der Waals surface area contributed by atoms with E-state index in [0.29, 0.717) is 6.04 Å². The molecule has 0 fully saturated rings. The third kappa shape index (κ3) is 2.85. The van der Waals surface area contributed by atoms with Crippen LogP contribution in [0.15, 0.2) is 18.2 Å². The van der Waals surface area contributed by atoms with Gasteiger partial charge in [0, 0.05) is 6.04 Å². The molecular weight excluding hydrogens is 158 g/mol. The summed E-state index contributed by atoms with van der Waals surface area (Å²) in [4.78, 5) is 0. The standard InChI is InChI=1S/C12H19N/c1-4-12(13)8-11-7-9(2)5-6-10(11)3/h5-7,12H,4,8,13H2,1-3H3. The first-order chi connectivity index (χ1) is 6.13. The monoisotopic (exact) mass is 177 g/mol. The summed E-state index contributed by atoms with van der Waals surface area (Å²) in [5.74, 6) is 0. The number of rotatable bonds is 3. The summed E-state index contributed by atoms with van der Waals surface area (Å²) >= 11 is 0. The average molecular weight is 177 g/mol. The van der Waals surface area contributed by atoms with Crippen molar-refractivity contribution in [1.29, 1.82) is 0 Å². The molecule has 0 amide bonds. The molecule has 0 radical (unpaired) electrons. The second-order valence-corrected chi connectivity index (χ2v) is 3.80. The molecule has 0 bridgehead atoms. The zero-order valence-electron chi connectivity index (χ0n) is 8.80. The lowest BCUT2D eigenvalue weighted by Gasteiger charge is -2.11. The molecule has 1 aromatic carbocycles. The van der Waals surface area contributed by atoms with Gasteiger partial charge in [0.05, 0.1) is 0 Å². The number of benzene rings is 1. The minimum Gasteiger partial charge on any atom is -0.327 e. The SMILES string of the molecule is CCC(N)Cc1cc(C)ccc1C. The minimum absolute atomic E-state index is 0.306. The summed E-state index contributed by atoms with van der Waals surface area (Å²) in [6, 6.07) is 6.87. The number of hydrogen-bond acceptors (Lipinski definition) is 1. The van der Waals surface area contributed by atoms with Gasteiger partial charge in [0.15, 0.2) is 0 Å². The summed E-state index contributed by atoms with van der Waals surface area (Å²) < 4.78 is 0. The zero-order chi connectivity index (χ0) is 9.84. The molecule has 1 aromatic rings. The fourth-order valence-electron chi connectivity index (χ4n) is 1.45. The van der Waals surface area contributed by atoms with Gasteiger partial charge in [-0.05, 0) is 37.8 Å². The Kier molecular flexibility index (Phi) is 3.49. The van der Waals surface area contributed by atoms with Crippen molar-refractivity contribution in [2.45, 2.75) is 39.7 Å². The van der Waals surface area contributed by atoms with Crippen molar-refractivity contribution in [3.63, 3.8) is 0 Å². The third-order valence-corrected chi connectivity index (χ3v) is 2.51. The summed E-state index contributed by atoms with van der Waals surface area (Å²) in [6.07, 6.45) is 2.05. The van der Waals surface area contributed by atoms with Crippen LogP contribution in [0.3, 0.4) is 0 Å². The Morgan fingerprint density at radius 2 is 2.00 bits per heavy atom. The van der Waals surface area contributed by atoms with E-state index < -0.39 is 0 Å². The van der Waals surface area contributed by atoms with Gasteiger partial charge >= 0.3 is 0 Å². The molecule has 0 aliphatic rings. The molecule has 2 N–H and O–H groups in total. The topological polar surface area (TPSA) is 26.0 Å². The predicted octanol–water partition coefficient (Wildman–Crippen LogP) is 2.58. The summed E-state index contributed by atoms with van der Waals surface area (Å²) in [5, 5.41) is 0. The molecular formula is C12H19N. The fraction of sp³-hybridized carbons (Fsp3) is 0.500. The maximum atomic E-state index is 5.92. The van der Waals surface area contributed by atoms with Gasteiger partial charge in [-0.3, -0.25) is 0 Å².